The maximum absolute atomic E-state index is 12.6. The number of halogens is 3. The number of alkyl halides is 3. The van der Waals surface area contributed by atoms with Crippen molar-refractivity contribution in [3.05, 3.63) is 41.5 Å². The number of fused-ring (bicyclic) bond motifs is 1. The SMILES string of the molecule is CCCc1nc(C2C(=O)c3ccccc3N2CCN)no1.O=C(O)C(F)(F)F. The largest absolute Gasteiger partial charge is 0.490 e. The van der Waals surface area contributed by atoms with Gasteiger partial charge in [0.05, 0.1) is 0 Å². The molecule has 1 aromatic heterocycles. The zero-order chi connectivity index (χ0) is 20.9. The molecular weight excluding hydrogens is 381 g/mol. The number of nitrogens with two attached hydrogens (primary N) is 1. The van der Waals surface area contributed by atoms with Crippen LogP contribution in [0, 0.1) is 0 Å². The van der Waals surface area contributed by atoms with Gasteiger partial charge in [0, 0.05) is 30.8 Å². The summed E-state index contributed by atoms with van der Waals surface area (Å²) in [6.07, 6.45) is -3.44. The van der Waals surface area contributed by atoms with Crippen LogP contribution < -0.4 is 10.6 Å². The number of carbonyl (C=O) groups is 2. The second kappa shape index (κ2) is 8.83. The van der Waals surface area contributed by atoms with Crippen LogP contribution in [0.5, 0.6) is 0 Å². The van der Waals surface area contributed by atoms with Gasteiger partial charge in [-0.2, -0.15) is 18.2 Å². The molecule has 0 bridgehead atoms. The van der Waals surface area contributed by atoms with Gasteiger partial charge in [-0.05, 0) is 18.6 Å². The summed E-state index contributed by atoms with van der Waals surface area (Å²) in [5.41, 5.74) is 7.27. The zero-order valence-corrected chi connectivity index (χ0v) is 14.9. The first-order valence-electron chi connectivity index (χ1n) is 8.43. The van der Waals surface area contributed by atoms with E-state index in [1.165, 1.54) is 0 Å². The van der Waals surface area contributed by atoms with E-state index in [1.54, 1.807) is 0 Å². The third-order valence-electron chi connectivity index (χ3n) is 3.84. The lowest BCUT2D eigenvalue weighted by molar-refractivity contribution is -0.192. The van der Waals surface area contributed by atoms with Crippen LogP contribution in [0.4, 0.5) is 18.9 Å². The normalized spacial score (nSPS) is 15.8. The van der Waals surface area contributed by atoms with E-state index < -0.39 is 18.2 Å². The lowest BCUT2D eigenvalue weighted by atomic mass is 10.1. The number of aromatic nitrogens is 2. The second-order valence-electron chi connectivity index (χ2n) is 5.87. The molecule has 1 aliphatic heterocycles. The number of carboxylic acids is 1. The lowest BCUT2D eigenvalue weighted by Crippen LogP contribution is -2.33. The van der Waals surface area contributed by atoms with Gasteiger partial charge in [-0.3, -0.25) is 4.79 Å². The first kappa shape index (κ1) is 21.4. The highest BCUT2D eigenvalue weighted by molar-refractivity contribution is 6.10. The summed E-state index contributed by atoms with van der Waals surface area (Å²) in [4.78, 5) is 27.9. The van der Waals surface area contributed by atoms with Crippen molar-refractivity contribution < 1.29 is 32.4 Å². The summed E-state index contributed by atoms with van der Waals surface area (Å²) in [6.45, 7) is 3.07. The van der Waals surface area contributed by atoms with E-state index in [-0.39, 0.29) is 5.78 Å². The second-order valence-corrected chi connectivity index (χ2v) is 5.87. The van der Waals surface area contributed by atoms with Crippen LogP contribution in [-0.4, -0.2) is 46.3 Å². The standard InChI is InChI=1S/C15H18N4O2.C2HF3O2/c1-2-5-12-17-15(18-21-12)13-14(20)10-6-3-4-7-11(10)19(13)9-8-16;3-2(4,5)1(6)7/h3-4,6-7,13H,2,5,8-9,16H2,1H3;(H,6,7). The molecule has 11 heteroatoms. The van der Waals surface area contributed by atoms with E-state index in [1.807, 2.05) is 36.1 Å². The van der Waals surface area contributed by atoms with E-state index in [0.717, 1.165) is 18.5 Å². The van der Waals surface area contributed by atoms with Crippen LogP contribution in [0.2, 0.25) is 0 Å². The van der Waals surface area contributed by atoms with Crippen molar-refractivity contribution in [1.29, 1.82) is 0 Å². The van der Waals surface area contributed by atoms with E-state index in [4.69, 9.17) is 20.2 Å². The zero-order valence-electron chi connectivity index (χ0n) is 14.9. The maximum Gasteiger partial charge on any atom is 0.490 e. The van der Waals surface area contributed by atoms with Crippen molar-refractivity contribution in [3.8, 4) is 0 Å². The topological polar surface area (TPSA) is 123 Å². The molecule has 3 rings (SSSR count). The van der Waals surface area contributed by atoms with Gasteiger partial charge < -0.3 is 20.3 Å². The van der Waals surface area contributed by atoms with Crippen LogP contribution in [0.3, 0.4) is 0 Å². The number of nitrogens with zero attached hydrogens (tertiary/aromatic N) is 3. The summed E-state index contributed by atoms with van der Waals surface area (Å²) >= 11 is 0. The Balaban J connectivity index is 0.000000345. The van der Waals surface area contributed by atoms with E-state index in [9.17, 15) is 18.0 Å². The minimum Gasteiger partial charge on any atom is -0.475 e. The number of hydrogen-bond acceptors (Lipinski definition) is 7. The first-order valence-corrected chi connectivity index (χ1v) is 8.43. The molecule has 0 saturated heterocycles. The van der Waals surface area contributed by atoms with Crippen LogP contribution in [0.25, 0.3) is 0 Å². The number of benzene rings is 1. The van der Waals surface area contributed by atoms with Gasteiger partial charge in [0.25, 0.3) is 0 Å². The van der Waals surface area contributed by atoms with E-state index in [0.29, 0.717) is 30.4 Å². The summed E-state index contributed by atoms with van der Waals surface area (Å²) < 4.78 is 37.0. The number of rotatable bonds is 5. The van der Waals surface area contributed by atoms with Gasteiger partial charge in [-0.15, -0.1) is 0 Å². The average Bonchev–Trinajstić information content (AvgIpc) is 3.19. The molecule has 0 aliphatic carbocycles. The molecule has 1 aromatic carbocycles. The quantitative estimate of drug-likeness (QED) is 0.784. The maximum atomic E-state index is 12.6. The van der Waals surface area contributed by atoms with Gasteiger partial charge in [-0.1, -0.05) is 24.2 Å². The van der Waals surface area contributed by atoms with Crippen LogP contribution in [0.15, 0.2) is 28.8 Å². The smallest absolute Gasteiger partial charge is 0.475 e. The molecule has 0 amide bonds. The Kier molecular flexibility index (Phi) is 6.73. The Labute approximate surface area is 158 Å². The van der Waals surface area contributed by atoms with Crippen molar-refractivity contribution in [2.45, 2.75) is 32.0 Å². The number of hydrogen-bond donors (Lipinski definition) is 2. The van der Waals surface area contributed by atoms with Gasteiger partial charge in [0.1, 0.15) is 0 Å². The highest BCUT2D eigenvalue weighted by Gasteiger charge is 2.40. The predicted molar refractivity (Wildman–Crippen MR) is 91.9 cm³/mol. The monoisotopic (exact) mass is 400 g/mol. The number of Topliss-reactive ketones (excluding diaryl/α,β-unsaturated/α-hetero) is 1. The third kappa shape index (κ3) is 4.66. The van der Waals surface area contributed by atoms with Gasteiger partial charge >= 0.3 is 12.1 Å². The third-order valence-corrected chi connectivity index (χ3v) is 3.84. The molecule has 0 fully saturated rings. The summed E-state index contributed by atoms with van der Waals surface area (Å²) in [5.74, 6) is -1.76. The number of ketones is 1. The molecule has 0 radical (unpaired) electrons. The predicted octanol–water partition coefficient (Wildman–Crippen LogP) is 2.36. The molecular formula is C17H19F3N4O4. The molecule has 1 atom stereocenters. The summed E-state index contributed by atoms with van der Waals surface area (Å²) in [7, 11) is 0. The Hall–Kier alpha value is -2.95. The van der Waals surface area contributed by atoms with Gasteiger partial charge in [-0.25, -0.2) is 4.79 Å². The molecule has 1 aliphatic rings. The van der Waals surface area contributed by atoms with Crippen LogP contribution in [-0.2, 0) is 11.2 Å². The van der Waals surface area contributed by atoms with Crippen LogP contribution in [0.1, 0.15) is 41.5 Å². The fraction of sp³-hybridized carbons (Fsp3) is 0.412. The Morgan fingerprint density at radius 1 is 1.36 bits per heavy atom. The van der Waals surface area contributed by atoms with Gasteiger partial charge in [0.15, 0.2) is 11.8 Å². The van der Waals surface area contributed by atoms with Crippen molar-refractivity contribution in [2.75, 3.05) is 18.0 Å². The minimum absolute atomic E-state index is 0.00268. The molecule has 2 heterocycles. The number of para-hydroxylation sites is 1. The van der Waals surface area contributed by atoms with Crippen molar-refractivity contribution in [1.82, 2.24) is 10.1 Å². The lowest BCUT2D eigenvalue weighted by Gasteiger charge is -2.23. The highest BCUT2D eigenvalue weighted by Crippen LogP contribution is 2.38. The molecule has 3 N–H and O–H groups in total. The Morgan fingerprint density at radius 3 is 2.57 bits per heavy atom. The molecule has 8 nitrogen and oxygen atoms in total. The number of carboxylic acid groups (broad SMARTS) is 1. The molecule has 2 aromatic rings. The average molecular weight is 400 g/mol. The molecule has 0 spiro atoms. The number of aryl methyl sites for hydroxylation is 1. The summed E-state index contributed by atoms with van der Waals surface area (Å²) in [5, 5.41) is 11.1. The molecule has 1 unspecified atom stereocenters. The Morgan fingerprint density at radius 2 is 2.00 bits per heavy atom. The summed E-state index contributed by atoms with van der Waals surface area (Å²) in [6, 6.07) is 7.00. The van der Waals surface area contributed by atoms with Crippen molar-refractivity contribution in [2.24, 2.45) is 5.73 Å². The van der Waals surface area contributed by atoms with Crippen molar-refractivity contribution in [3.63, 3.8) is 0 Å². The molecule has 152 valence electrons. The van der Waals surface area contributed by atoms with Crippen LogP contribution >= 0.6 is 0 Å². The number of carbonyl (C=O) groups excluding carboxylic acids is 1. The van der Waals surface area contributed by atoms with E-state index in [2.05, 4.69) is 10.1 Å². The van der Waals surface area contributed by atoms with E-state index >= 15 is 0 Å². The highest BCUT2D eigenvalue weighted by atomic mass is 19.4. The fourth-order valence-corrected chi connectivity index (χ4v) is 2.70. The molecule has 28 heavy (non-hydrogen) atoms. The first-order chi connectivity index (χ1) is 13.2. The van der Waals surface area contributed by atoms with Crippen molar-refractivity contribution >= 4 is 17.4 Å². The minimum atomic E-state index is -5.08. The fourth-order valence-electron chi connectivity index (χ4n) is 2.70. The number of aliphatic carboxylic acids is 1. The number of anilines is 1. The van der Waals surface area contributed by atoms with Gasteiger partial charge in [0.2, 0.25) is 11.7 Å². The molecule has 0 saturated carbocycles. The Bertz CT molecular complexity index is 838.